The van der Waals surface area contributed by atoms with Crippen LogP contribution in [-0.2, 0) is 18.3 Å². The number of benzene rings is 2. The number of anilines is 1. The second kappa shape index (κ2) is 7.33. The molecule has 26 heavy (non-hydrogen) atoms. The van der Waals surface area contributed by atoms with E-state index in [0.717, 1.165) is 12.8 Å². The van der Waals surface area contributed by atoms with E-state index in [1.165, 1.54) is 36.0 Å². The van der Waals surface area contributed by atoms with Gasteiger partial charge in [0.2, 0.25) is 0 Å². The van der Waals surface area contributed by atoms with Gasteiger partial charge in [-0.25, -0.2) is 0 Å². The summed E-state index contributed by atoms with van der Waals surface area (Å²) >= 11 is 0. The van der Waals surface area contributed by atoms with Crippen LogP contribution in [-0.4, -0.2) is 5.91 Å². The lowest BCUT2D eigenvalue weighted by Crippen LogP contribution is -2.15. The molecule has 0 heterocycles. The second-order valence-electron chi connectivity index (χ2n) is 8.12. The molecule has 1 amide bonds. The lowest BCUT2D eigenvalue weighted by atomic mass is 9.86. The van der Waals surface area contributed by atoms with Gasteiger partial charge in [-0.2, -0.15) is 5.26 Å². The van der Waals surface area contributed by atoms with Crippen LogP contribution in [0.4, 0.5) is 5.69 Å². The summed E-state index contributed by atoms with van der Waals surface area (Å²) in [6, 6.07) is 13.9. The third kappa shape index (κ3) is 3.96. The van der Waals surface area contributed by atoms with E-state index in [1.807, 2.05) is 36.4 Å². The van der Waals surface area contributed by atoms with Gasteiger partial charge in [0.05, 0.1) is 11.3 Å². The molecular formula is C23H26N2O. The highest BCUT2D eigenvalue weighted by molar-refractivity contribution is 6.05. The number of hydrogen-bond donors (Lipinski definition) is 1. The SMILES string of the molecule is CC(C)(C)c1ccc(C(=O)Nc2cc3c(cc2C#N)CCCCC3)cc1. The average Bonchev–Trinajstić information content (AvgIpc) is 2.85. The summed E-state index contributed by atoms with van der Waals surface area (Å²) in [5, 5.41) is 12.4. The van der Waals surface area contributed by atoms with Crippen LogP contribution in [0.3, 0.4) is 0 Å². The monoisotopic (exact) mass is 346 g/mol. The first-order valence-electron chi connectivity index (χ1n) is 9.36. The molecule has 0 atom stereocenters. The molecule has 2 aromatic carbocycles. The fourth-order valence-electron chi connectivity index (χ4n) is 3.47. The third-order valence-electron chi connectivity index (χ3n) is 5.11. The van der Waals surface area contributed by atoms with Crippen LogP contribution in [0, 0.1) is 11.3 Å². The van der Waals surface area contributed by atoms with E-state index in [9.17, 15) is 10.1 Å². The highest BCUT2D eigenvalue weighted by Crippen LogP contribution is 2.28. The van der Waals surface area contributed by atoms with Gasteiger partial charge < -0.3 is 5.32 Å². The lowest BCUT2D eigenvalue weighted by Gasteiger charge is -2.19. The smallest absolute Gasteiger partial charge is 0.255 e. The average molecular weight is 346 g/mol. The maximum Gasteiger partial charge on any atom is 0.255 e. The van der Waals surface area contributed by atoms with Crippen molar-refractivity contribution in [2.75, 3.05) is 5.32 Å². The Hall–Kier alpha value is -2.60. The lowest BCUT2D eigenvalue weighted by molar-refractivity contribution is 0.102. The van der Waals surface area contributed by atoms with Crippen LogP contribution in [0.25, 0.3) is 0 Å². The molecule has 1 N–H and O–H groups in total. The van der Waals surface area contributed by atoms with Crippen LogP contribution in [0.2, 0.25) is 0 Å². The number of rotatable bonds is 2. The highest BCUT2D eigenvalue weighted by Gasteiger charge is 2.17. The van der Waals surface area contributed by atoms with Crippen molar-refractivity contribution in [2.45, 2.75) is 58.3 Å². The van der Waals surface area contributed by atoms with E-state index >= 15 is 0 Å². The first kappa shape index (κ1) is 18.2. The van der Waals surface area contributed by atoms with Crippen molar-refractivity contribution >= 4 is 11.6 Å². The van der Waals surface area contributed by atoms with Crippen molar-refractivity contribution in [2.24, 2.45) is 0 Å². The van der Waals surface area contributed by atoms with E-state index in [0.29, 0.717) is 16.8 Å². The molecule has 1 aliphatic rings. The Kier molecular flexibility index (Phi) is 5.13. The summed E-state index contributed by atoms with van der Waals surface area (Å²) in [4.78, 5) is 12.7. The molecular weight excluding hydrogens is 320 g/mol. The van der Waals surface area contributed by atoms with E-state index in [1.54, 1.807) is 0 Å². The summed E-state index contributed by atoms with van der Waals surface area (Å²) in [5.41, 5.74) is 5.54. The van der Waals surface area contributed by atoms with Gasteiger partial charge in [0, 0.05) is 5.56 Å². The molecule has 0 radical (unpaired) electrons. The van der Waals surface area contributed by atoms with E-state index in [2.05, 4.69) is 32.2 Å². The molecule has 134 valence electrons. The maximum absolute atomic E-state index is 12.7. The van der Waals surface area contributed by atoms with Crippen molar-refractivity contribution < 1.29 is 4.79 Å². The summed E-state index contributed by atoms with van der Waals surface area (Å²) < 4.78 is 0. The number of nitrogens with one attached hydrogen (secondary N) is 1. The Balaban J connectivity index is 1.85. The number of carbonyl (C=O) groups is 1. The van der Waals surface area contributed by atoms with Gasteiger partial charge in [0.1, 0.15) is 6.07 Å². The van der Waals surface area contributed by atoms with Gasteiger partial charge in [0.15, 0.2) is 0 Å². The molecule has 2 aromatic rings. The topological polar surface area (TPSA) is 52.9 Å². The standard InChI is InChI=1S/C23H26N2O/c1-23(2,3)20-11-9-16(10-12-20)22(26)25-21-14-18-8-6-4-5-7-17(18)13-19(21)15-24/h9-14H,4-8H2,1-3H3,(H,25,26). The molecule has 0 aromatic heterocycles. The molecule has 0 aliphatic heterocycles. The molecule has 0 bridgehead atoms. The zero-order chi connectivity index (χ0) is 18.7. The summed E-state index contributed by atoms with van der Waals surface area (Å²) in [6.07, 6.45) is 5.60. The quantitative estimate of drug-likeness (QED) is 0.743. The summed E-state index contributed by atoms with van der Waals surface area (Å²) in [7, 11) is 0. The van der Waals surface area contributed by atoms with E-state index < -0.39 is 0 Å². The zero-order valence-electron chi connectivity index (χ0n) is 15.9. The highest BCUT2D eigenvalue weighted by atomic mass is 16.1. The van der Waals surface area contributed by atoms with Crippen LogP contribution in [0.5, 0.6) is 0 Å². The molecule has 0 fully saturated rings. The van der Waals surface area contributed by atoms with Crippen molar-refractivity contribution in [3.8, 4) is 6.07 Å². The molecule has 3 heteroatoms. The molecule has 0 spiro atoms. The number of carbonyl (C=O) groups excluding carboxylic acids is 1. The van der Waals surface area contributed by atoms with Gasteiger partial charge in [-0.15, -0.1) is 0 Å². The first-order valence-corrected chi connectivity index (χ1v) is 9.36. The number of hydrogen-bond acceptors (Lipinski definition) is 2. The predicted octanol–water partition coefficient (Wildman–Crippen LogP) is 5.38. The maximum atomic E-state index is 12.7. The van der Waals surface area contributed by atoms with Gasteiger partial charge in [0.25, 0.3) is 5.91 Å². The number of fused-ring (bicyclic) bond motifs is 1. The van der Waals surface area contributed by atoms with Crippen molar-refractivity contribution in [3.63, 3.8) is 0 Å². The molecule has 3 rings (SSSR count). The van der Waals surface area contributed by atoms with Crippen molar-refractivity contribution in [3.05, 3.63) is 64.2 Å². The minimum Gasteiger partial charge on any atom is -0.321 e. The third-order valence-corrected chi connectivity index (χ3v) is 5.11. The van der Waals surface area contributed by atoms with Crippen LogP contribution in [0.1, 0.15) is 72.6 Å². The minimum atomic E-state index is -0.171. The largest absolute Gasteiger partial charge is 0.321 e. The molecule has 0 saturated carbocycles. The van der Waals surface area contributed by atoms with Crippen molar-refractivity contribution in [1.29, 1.82) is 5.26 Å². The first-order chi connectivity index (χ1) is 12.4. The predicted molar refractivity (Wildman–Crippen MR) is 106 cm³/mol. The van der Waals surface area contributed by atoms with E-state index in [4.69, 9.17) is 0 Å². The van der Waals surface area contributed by atoms with Crippen LogP contribution in [0.15, 0.2) is 36.4 Å². The molecule has 3 nitrogen and oxygen atoms in total. The van der Waals surface area contributed by atoms with E-state index in [-0.39, 0.29) is 11.3 Å². The Labute approximate surface area is 156 Å². The Morgan fingerprint density at radius 2 is 1.62 bits per heavy atom. The van der Waals surface area contributed by atoms with Crippen LogP contribution < -0.4 is 5.32 Å². The molecule has 0 saturated heterocycles. The van der Waals surface area contributed by atoms with Crippen LogP contribution >= 0.6 is 0 Å². The van der Waals surface area contributed by atoms with Gasteiger partial charge >= 0.3 is 0 Å². The minimum absolute atomic E-state index is 0.0555. The van der Waals surface area contributed by atoms with Gasteiger partial charge in [-0.05, 0) is 72.1 Å². The fraction of sp³-hybridized carbons (Fsp3) is 0.391. The number of aryl methyl sites for hydroxylation is 2. The number of nitriles is 1. The Bertz CT molecular complexity index is 852. The van der Waals surface area contributed by atoms with Gasteiger partial charge in [-0.3, -0.25) is 4.79 Å². The zero-order valence-corrected chi connectivity index (χ0v) is 15.9. The van der Waals surface area contributed by atoms with Crippen molar-refractivity contribution in [1.82, 2.24) is 0 Å². The molecule has 1 aliphatic carbocycles. The Morgan fingerprint density at radius 1 is 1.00 bits per heavy atom. The molecule has 0 unspecified atom stereocenters. The second-order valence-corrected chi connectivity index (χ2v) is 8.12. The Morgan fingerprint density at radius 3 is 2.19 bits per heavy atom. The number of nitrogens with zero attached hydrogens (tertiary/aromatic N) is 1. The fourth-order valence-corrected chi connectivity index (χ4v) is 3.47. The number of amides is 1. The summed E-state index contributed by atoms with van der Waals surface area (Å²) in [5.74, 6) is -0.171. The normalized spacial score (nSPS) is 14.1. The van der Waals surface area contributed by atoms with Gasteiger partial charge in [-0.1, -0.05) is 39.3 Å². The summed E-state index contributed by atoms with van der Waals surface area (Å²) in [6.45, 7) is 6.45.